The van der Waals surface area contributed by atoms with Gasteiger partial charge in [0.15, 0.2) is 0 Å². The topological polar surface area (TPSA) is 44.8 Å². The fourth-order valence-corrected chi connectivity index (χ4v) is 1.32. The number of rotatable bonds is 5. The monoisotopic (exact) mass is 204 g/mol. The highest BCUT2D eigenvalue weighted by Crippen LogP contribution is 2.05. The molecule has 0 fully saturated rings. The first-order chi connectivity index (χ1) is 5.95. The quantitative estimate of drug-likeness (QED) is 0.381. The molecule has 0 aliphatic carbocycles. The summed E-state index contributed by atoms with van der Waals surface area (Å²) in [5.41, 5.74) is 0.378. The van der Waals surface area contributed by atoms with Crippen molar-refractivity contribution in [2.75, 3.05) is 20.4 Å². The Labute approximate surface area is 79.7 Å². The molecule has 0 amide bonds. The van der Waals surface area contributed by atoms with Crippen LogP contribution in [0, 0.1) is 0 Å². The zero-order valence-electron chi connectivity index (χ0n) is 8.55. The van der Waals surface area contributed by atoms with Crippen molar-refractivity contribution < 1.29 is 18.4 Å². The summed E-state index contributed by atoms with van der Waals surface area (Å²) in [6.45, 7) is 6.88. The van der Waals surface area contributed by atoms with E-state index in [9.17, 15) is 4.79 Å². The largest absolute Gasteiger partial charge is 0.460 e. The Balaban J connectivity index is 4.00. The van der Waals surface area contributed by atoms with Crippen LogP contribution in [0.3, 0.4) is 0 Å². The van der Waals surface area contributed by atoms with Crippen LogP contribution in [-0.4, -0.2) is 35.0 Å². The van der Waals surface area contributed by atoms with Gasteiger partial charge in [0.05, 0.1) is 0 Å². The third-order valence-electron chi connectivity index (χ3n) is 1.68. The molecule has 0 N–H and O–H groups in total. The first-order valence-electron chi connectivity index (χ1n) is 3.88. The van der Waals surface area contributed by atoms with Crippen LogP contribution in [0.1, 0.15) is 6.92 Å². The Bertz CT molecular complexity index is 198. The highest BCUT2D eigenvalue weighted by molar-refractivity contribution is 6.66. The number of carbonyl (C=O) groups excluding carboxylic acids is 1. The molecule has 0 bridgehead atoms. The maximum atomic E-state index is 11.0. The lowest BCUT2D eigenvalue weighted by atomic mass is 10.4. The lowest BCUT2D eigenvalue weighted by molar-refractivity contribution is -0.137. The van der Waals surface area contributed by atoms with Crippen LogP contribution < -0.4 is 0 Å². The van der Waals surface area contributed by atoms with Gasteiger partial charge in [-0.25, -0.2) is 4.79 Å². The molecule has 0 rings (SSSR count). The smallest absolute Gasteiger partial charge is 0.373 e. The third-order valence-corrected chi connectivity index (χ3v) is 4.07. The highest BCUT2D eigenvalue weighted by atomic mass is 28.4. The molecular weight excluding hydrogens is 188 g/mol. The molecule has 0 aliphatic heterocycles. The molecule has 0 saturated heterocycles. The summed E-state index contributed by atoms with van der Waals surface area (Å²) in [5, 5.41) is 0. The van der Waals surface area contributed by atoms with Crippen LogP contribution >= 0.6 is 0 Å². The first kappa shape index (κ1) is 12.3. The van der Waals surface area contributed by atoms with E-state index in [1.54, 1.807) is 21.1 Å². The SMILES string of the molecule is C=C(C)C(=O)OC[Si](C)(OC)OC. The molecular formula is C8H16O4Si. The summed E-state index contributed by atoms with van der Waals surface area (Å²) in [4.78, 5) is 11.0. The first-order valence-corrected chi connectivity index (χ1v) is 6.40. The van der Waals surface area contributed by atoms with Crippen molar-refractivity contribution in [2.45, 2.75) is 13.5 Å². The van der Waals surface area contributed by atoms with Gasteiger partial charge in [0.25, 0.3) is 0 Å². The van der Waals surface area contributed by atoms with Crippen molar-refractivity contribution in [3.05, 3.63) is 12.2 Å². The molecule has 0 saturated carbocycles. The number of ether oxygens (including phenoxy) is 1. The van der Waals surface area contributed by atoms with E-state index in [2.05, 4.69) is 6.58 Å². The Kier molecular flexibility index (Phi) is 4.90. The van der Waals surface area contributed by atoms with Crippen molar-refractivity contribution in [1.82, 2.24) is 0 Å². The fourth-order valence-electron chi connectivity index (χ4n) is 0.521. The number of hydrogen-bond acceptors (Lipinski definition) is 4. The van der Waals surface area contributed by atoms with Crippen molar-refractivity contribution in [3.63, 3.8) is 0 Å². The predicted octanol–water partition coefficient (Wildman–Crippen LogP) is 1.01. The second kappa shape index (κ2) is 5.16. The van der Waals surface area contributed by atoms with Crippen LogP contribution in [-0.2, 0) is 18.4 Å². The van der Waals surface area contributed by atoms with E-state index >= 15 is 0 Å². The molecule has 0 aliphatic rings. The zero-order valence-corrected chi connectivity index (χ0v) is 9.55. The van der Waals surface area contributed by atoms with Gasteiger partial charge in [0.2, 0.25) is 0 Å². The van der Waals surface area contributed by atoms with Crippen LogP contribution in [0.2, 0.25) is 6.55 Å². The van der Waals surface area contributed by atoms with Gasteiger partial charge in [-0.15, -0.1) is 0 Å². The van der Waals surface area contributed by atoms with E-state index in [-0.39, 0.29) is 6.23 Å². The molecule has 0 unspecified atom stereocenters. The Morgan fingerprint density at radius 3 is 2.15 bits per heavy atom. The third kappa shape index (κ3) is 4.21. The van der Waals surface area contributed by atoms with Crippen molar-refractivity contribution in [1.29, 1.82) is 0 Å². The molecule has 0 aromatic rings. The van der Waals surface area contributed by atoms with Crippen molar-refractivity contribution >= 4 is 14.5 Å². The highest BCUT2D eigenvalue weighted by Gasteiger charge is 2.31. The minimum atomic E-state index is -2.29. The summed E-state index contributed by atoms with van der Waals surface area (Å²) >= 11 is 0. The van der Waals surface area contributed by atoms with Gasteiger partial charge in [-0.1, -0.05) is 6.58 Å². The Hall–Kier alpha value is -0.653. The van der Waals surface area contributed by atoms with Crippen molar-refractivity contribution in [2.24, 2.45) is 0 Å². The average molecular weight is 204 g/mol. The maximum Gasteiger partial charge on any atom is 0.373 e. The molecule has 5 heteroatoms. The summed E-state index contributed by atoms with van der Waals surface area (Å²) in [7, 11) is 0.802. The molecule has 0 spiro atoms. The van der Waals surface area contributed by atoms with E-state index in [0.717, 1.165) is 0 Å². The lowest BCUT2D eigenvalue weighted by Crippen LogP contribution is -2.42. The standard InChI is InChI=1S/C8H16O4Si/c1-7(2)8(9)12-6-13(5,10-3)11-4/h1,6H2,2-5H3. The fraction of sp³-hybridized carbons (Fsp3) is 0.625. The molecule has 13 heavy (non-hydrogen) atoms. The second-order valence-electron chi connectivity index (χ2n) is 2.90. The van der Waals surface area contributed by atoms with Gasteiger partial charge >= 0.3 is 14.5 Å². The van der Waals surface area contributed by atoms with Crippen LogP contribution in [0.15, 0.2) is 12.2 Å². The molecule has 4 nitrogen and oxygen atoms in total. The van der Waals surface area contributed by atoms with Crippen LogP contribution in [0.5, 0.6) is 0 Å². The normalized spacial score (nSPS) is 11.1. The number of carbonyl (C=O) groups is 1. The predicted molar refractivity (Wildman–Crippen MR) is 51.4 cm³/mol. The summed E-state index contributed by atoms with van der Waals surface area (Å²) in [6.07, 6.45) is 0.186. The van der Waals surface area contributed by atoms with Gasteiger partial charge in [0, 0.05) is 19.8 Å². The molecule has 0 aromatic carbocycles. The Morgan fingerprint density at radius 2 is 1.85 bits per heavy atom. The van der Waals surface area contributed by atoms with E-state index in [4.69, 9.17) is 13.6 Å². The number of esters is 1. The molecule has 0 radical (unpaired) electrons. The molecule has 0 heterocycles. The van der Waals surface area contributed by atoms with Crippen LogP contribution in [0.4, 0.5) is 0 Å². The number of hydrogen-bond donors (Lipinski definition) is 0. The summed E-state index contributed by atoms with van der Waals surface area (Å²) < 4.78 is 15.2. The van der Waals surface area contributed by atoms with E-state index in [1.807, 2.05) is 6.55 Å². The zero-order chi connectivity index (χ0) is 10.5. The summed E-state index contributed by atoms with van der Waals surface area (Å²) in [5.74, 6) is -0.409. The van der Waals surface area contributed by atoms with Gasteiger partial charge in [-0.2, -0.15) is 0 Å². The minimum absolute atomic E-state index is 0.186. The molecule has 0 atom stereocenters. The van der Waals surface area contributed by atoms with Gasteiger partial charge in [-0.05, 0) is 13.5 Å². The van der Waals surface area contributed by atoms with Gasteiger partial charge < -0.3 is 13.6 Å². The summed E-state index contributed by atoms with van der Waals surface area (Å²) in [6, 6.07) is 0. The maximum absolute atomic E-state index is 11.0. The van der Waals surface area contributed by atoms with E-state index < -0.39 is 14.5 Å². The Morgan fingerprint density at radius 1 is 1.38 bits per heavy atom. The van der Waals surface area contributed by atoms with E-state index in [0.29, 0.717) is 5.57 Å². The van der Waals surface area contributed by atoms with Gasteiger partial charge in [0.1, 0.15) is 6.23 Å². The van der Waals surface area contributed by atoms with Crippen LogP contribution in [0.25, 0.3) is 0 Å². The van der Waals surface area contributed by atoms with Crippen molar-refractivity contribution in [3.8, 4) is 0 Å². The van der Waals surface area contributed by atoms with E-state index in [1.165, 1.54) is 0 Å². The molecule has 76 valence electrons. The average Bonchev–Trinajstić information content (AvgIpc) is 2.13. The second-order valence-corrected chi connectivity index (χ2v) is 6.27. The lowest BCUT2D eigenvalue weighted by Gasteiger charge is -2.21. The minimum Gasteiger partial charge on any atom is -0.460 e. The molecule has 0 aromatic heterocycles. The van der Waals surface area contributed by atoms with Gasteiger partial charge in [-0.3, -0.25) is 0 Å².